The molecule has 1 fully saturated rings. The molecule has 0 unspecified atom stereocenters. The fourth-order valence-corrected chi connectivity index (χ4v) is 4.65. The molecule has 0 aliphatic carbocycles. The van der Waals surface area contributed by atoms with E-state index in [1.54, 1.807) is 18.2 Å². The van der Waals surface area contributed by atoms with Crippen molar-refractivity contribution in [1.29, 1.82) is 0 Å². The highest BCUT2D eigenvalue weighted by molar-refractivity contribution is 7.12. The Morgan fingerprint density at radius 1 is 1.06 bits per heavy atom. The summed E-state index contributed by atoms with van der Waals surface area (Å²) in [4.78, 5) is 28.5. The summed E-state index contributed by atoms with van der Waals surface area (Å²) in [5.74, 6) is 0.253. The maximum Gasteiger partial charge on any atom is 0.310 e. The highest BCUT2D eigenvalue weighted by atomic mass is 32.1. The van der Waals surface area contributed by atoms with E-state index in [1.807, 2.05) is 16.3 Å². The van der Waals surface area contributed by atoms with E-state index in [0.29, 0.717) is 18.0 Å². The fourth-order valence-electron chi connectivity index (χ4n) is 3.79. The van der Waals surface area contributed by atoms with Crippen LogP contribution in [0.15, 0.2) is 60.0 Å². The van der Waals surface area contributed by atoms with Gasteiger partial charge in [-0.2, -0.15) is 0 Å². The maximum absolute atomic E-state index is 12.9. The second-order valence-corrected chi connectivity index (χ2v) is 8.80. The quantitative estimate of drug-likeness (QED) is 0.390. The zero-order valence-corrected chi connectivity index (χ0v) is 18.7. The van der Waals surface area contributed by atoms with Gasteiger partial charge in [0.2, 0.25) is 0 Å². The van der Waals surface area contributed by atoms with E-state index >= 15 is 0 Å². The summed E-state index contributed by atoms with van der Waals surface area (Å²) < 4.78 is 5.64. The highest BCUT2D eigenvalue weighted by Crippen LogP contribution is 2.27. The van der Waals surface area contributed by atoms with Crippen LogP contribution in [-0.2, 0) is 13.2 Å². The van der Waals surface area contributed by atoms with E-state index in [4.69, 9.17) is 4.74 Å². The van der Waals surface area contributed by atoms with Crippen LogP contribution in [0.1, 0.15) is 26.4 Å². The van der Waals surface area contributed by atoms with Gasteiger partial charge in [-0.3, -0.25) is 19.8 Å². The van der Waals surface area contributed by atoms with Crippen molar-refractivity contribution in [2.75, 3.05) is 26.2 Å². The molecule has 0 N–H and O–H groups in total. The molecule has 32 heavy (non-hydrogen) atoms. The molecule has 1 aromatic heterocycles. The lowest BCUT2D eigenvalue weighted by Gasteiger charge is -2.34. The molecule has 2 heterocycles. The second-order valence-electron chi connectivity index (χ2n) is 7.89. The third kappa shape index (κ3) is 5.33. The first-order valence-corrected chi connectivity index (χ1v) is 11.4. The Morgan fingerprint density at radius 3 is 2.59 bits per heavy atom. The monoisotopic (exact) mass is 451 g/mol. The Labute approximate surface area is 191 Å². The van der Waals surface area contributed by atoms with Gasteiger partial charge in [0, 0.05) is 44.4 Å². The van der Waals surface area contributed by atoms with Crippen LogP contribution in [0.25, 0.3) is 0 Å². The van der Waals surface area contributed by atoms with Crippen molar-refractivity contribution in [2.45, 2.75) is 20.1 Å². The number of nitro benzene ring substituents is 1. The predicted octanol–water partition coefficient (Wildman–Crippen LogP) is 4.50. The van der Waals surface area contributed by atoms with Gasteiger partial charge in [-0.05, 0) is 30.0 Å². The number of aryl methyl sites for hydroxylation is 1. The Kier molecular flexibility index (Phi) is 6.82. The fraction of sp³-hybridized carbons (Fsp3) is 0.292. The smallest absolute Gasteiger partial charge is 0.310 e. The van der Waals surface area contributed by atoms with Crippen molar-refractivity contribution in [2.24, 2.45) is 0 Å². The molecular formula is C24H25N3O4S. The number of hydrogen-bond donors (Lipinski definition) is 0. The van der Waals surface area contributed by atoms with Crippen molar-refractivity contribution in [3.05, 3.63) is 91.7 Å². The third-order valence-corrected chi connectivity index (χ3v) is 6.44. The molecule has 2 aromatic carbocycles. The Morgan fingerprint density at radius 2 is 1.84 bits per heavy atom. The van der Waals surface area contributed by atoms with Gasteiger partial charge in [0.05, 0.1) is 9.80 Å². The summed E-state index contributed by atoms with van der Waals surface area (Å²) in [7, 11) is 0. The Bertz CT molecular complexity index is 1110. The number of hydrogen-bond acceptors (Lipinski definition) is 6. The SMILES string of the molecule is Cc1cccc(CN2CCN(C(=O)c3cc(COc4ccccc4[N+](=O)[O-])cs3)CC2)c1. The molecule has 1 saturated heterocycles. The van der Waals surface area contributed by atoms with Crippen LogP contribution in [0.3, 0.4) is 0 Å². The molecule has 0 atom stereocenters. The zero-order chi connectivity index (χ0) is 22.5. The van der Waals surface area contributed by atoms with Crippen LogP contribution in [0.5, 0.6) is 5.75 Å². The van der Waals surface area contributed by atoms with E-state index in [0.717, 1.165) is 25.2 Å². The molecule has 1 aliphatic heterocycles. The Hall–Kier alpha value is -3.23. The summed E-state index contributed by atoms with van der Waals surface area (Å²) in [6, 6.07) is 16.6. The molecule has 1 aliphatic rings. The molecule has 0 radical (unpaired) electrons. The first-order valence-electron chi connectivity index (χ1n) is 10.5. The average Bonchev–Trinajstić information content (AvgIpc) is 3.27. The molecule has 0 bridgehead atoms. The van der Waals surface area contributed by atoms with Crippen LogP contribution < -0.4 is 4.74 Å². The number of rotatable bonds is 7. The van der Waals surface area contributed by atoms with Crippen LogP contribution in [-0.4, -0.2) is 46.8 Å². The second kappa shape index (κ2) is 9.93. The van der Waals surface area contributed by atoms with Gasteiger partial charge < -0.3 is 9.64 Å². The minimum absolute atomic E-state index is 0.0298. The normalized spacial score (nSPS) is 14.3. The van der Waals surface area contributed by atoms with Gasteiger partial charge in [0.25, 0.3) is 5.91 Å². The number of piperazine rings is 1. The molecule has 1 amide bonds. The van der Waals surface area contributed by atoms with Gasteiger partial charge in [-0.25, -0.2) is 0 Å². The van der Waals surface area contributed by atoms with Gasteiger partial charge in [-0.1, -0.05) is 42.0 Å². The number of nitro groups is 1. The number of ether oxygens (including phenoxy) is 1. The summed E-state index contributed by atoms with van der Waals surface area (Å²) in [5.41, 5.74) is 3.32. The third-order valence-electron chi connectivity index (χ3n) is 5.47. The molecule has 166 valence electrons. The summed E-state index contributed by atoms with van der Waals surface area (Å²) in [6.07, 6.45) is 0. The molecule has 3 aromatic rings. The van der Waals surface area contributed by atoms with Crippen LogP contribution in [0, 0.1) is 17.0 Å². The lowest BCUT2D eigenvalue weighted by molar-refractivity contribution is -0.385. The Balaban J connectivity index is 1.30. The van der Waals surface area contributed by atoms with E-state index in [9.17, 15) is 14.9 Å². The molecular weight excluding hydrogens is 426 g/mol. The van der Waals surface area contributed by atoms with E-state index in [-0.39, 0.29) is 24.0 Å². The molecule has 0 saturated carbocycles. The van der Waals surface area contributed by atoms with Gasteiger partial charge >= 0.3 is 5.69 Å². The van der Waals surface area contributed by atoms with Crippen LogP contribution in [0.4, 0.5) is 5.69 Å². The van der Waals surface area contributed by atoms with E-state index in [2.05, 4.69) is 36.1 Å². The lowest BCUT2D eigenvalue weighted by Crippen LogP contribution is -2.48. The van der Waals surface area contributed by atoms with Crippen molar-refractivity contribution in [3.63, 3.8) is 0 Å². The van der Waals surface area contributed by atoms with E-state index in [1.165, 1.54) is 28.5 Å². The molecule has 0 spiro atoms. The topological polar surface area (TPSA) is 75.9 Å². The maximum atomic E-state index is 12.9. The number of benzene rings is 2. The molecule has 4 rings (SSSR count). The number of nitrogens with zero attached hydrogens (tertiary/aromatic N) is 3. The number of thiophene rings is 1. The largest absolute Gasteiger partial charge is 0.482 e. The van der Waals surface area contributed by atoms with Gasteiger partial charge in [-0.15, -0.1) is 11.3 Å². The summed E-state index contributed by atoms with van der Waals surface area (Å²) in [5, 5.41) is 13.0. The molecule has 8 heteroatoms. The number of para-hydroxylation sites is 2. The van der Waals surface area contributed by atoms with Crippen molar-refractivity contribution in [3.8, 4) is 5.75 Å². The number of amides is 1. The van der Waals surface area contributed by atoms with Crippen LogP contribution >= 0.6 is 11.3 Å². The lowest BCUT2D eigenvalue weighted by atomic mass is 10.1. The summed E-state index contributed by atoms with van der Waals surface area (Å²) in [6.45, 7) is 6.27. The average molecular weight is 452 g/mol. The predicted molar refractivity (Wildman–Crippen MR) is 124 cm³/mol. The summed E-state index contributed by atoms with van der Waals surface area (Å²) >= 11 is 1.38. The molecule has 7 nitrogen and oxygen atoms in total. The minimum atomic E-state index is -0.462. The number of carbonyl (C=O) groups is 1. The van der Waals surface area contributed by atoms with Crippen molar-refractivity contribution >= 4 is 22.9 Å². The van der Waals surface area contributed by atoms with Gasteiger partial charge in [0.15, 0.2) is 5.75 Å². The van der Waals surface area contributed by atoms with Crippen molar-refractivity contribution < 1.29 is 14.5 Å². The van der Waals surface area contributed by atoms with Crippen molar-refractivity contribution in [1.82, 2.24) is 9.80 Å². The zero-order valence-electron chi connectivity index (χ0n) is 17.9. The van der Waals surface area contributed by atoms with E-state index < -0.39 is 4.92 Å². The minimum Gasteiger partial charge on any atom is -0.482 e. The number of carbonyl (C=O) groups excluding carboxylic acids is 1. The highest BCUT2D eigenvalue weighted by Gasteiger charge is 2.23. The first kappa shape index (κ1) is 22.0. The standard InChI is InChI=1S/C24H25N3O4S/c1-18-5-4-6-19(13-18)15-25-9-11-26(12-10-25)24(28)23-14-20(17-32-23)16-31-22-8-3-2-7-21(22)27(29)30/h2-8,13-14,17H,9-12,15-16H2,1H3. The first-order chi connectivity index (χ1) is 15.5. The van der Waals surface area contributed by atoms with Gasteiger partial charge in [0.1, 0.15) is 6.61 Å². The van der Waals surface area contributed by atoms with Crippen LogP contribution in [0.2, 0.25) is 0 Å².